The Hall–Kier alpha value is -1.33. The summed E-state index contributed by atoms with van der Waals surface area (Å²) in [7, 11) is 3.43. The lowest BCUT2D eigenvalue weighted by Gasteiger charge is -2.17. The van der Waals surface area contributed by atoms with Crippen LogP contribution in [0.3, 0.4) is 0 Å². The first-order chi connectivity index (χ1) is 12.4. The number of ether oxygens (including phenoxy) is 1. The number of unbranched alkanes of at least 4 members (excludes halogenated alkanes) is 2. The van der Waals surface area contributed by atoms with Crippen molar-refractivity contribution in [3.8, 4) is 0 Å². The Kier molecular flexibility index (Phi) is 8.16. The van der Waals surface area contributed by atoms with Crippen LogP contribution in [0, 0.1) is 17.8 Å². The van der Waals surface area contributed by atoms with Gasteiger partial charge in [0.15, 0.2) is 6.61 Å². The standard InChI is InChI=1S/C21H35NO4/c1-4-5-6-7-17(23)8-9-18-19-11-15(10-16(19)12-20(18)24)13-26-14-21(25)22(2)3/h8-9,13,16-20,23-24H,4-7,10-12,14H2,1-3H3/t16-,17-,18+,19-,20+/m0/s1. The lowest BCUT2D eigenvalue weighted by molar-refractivity contribution is -0.131. The second-order valence-electron chi connectivity index (χ2n) is 8.04. The van der Waals surface area contributed by atoms with Gasteiger partial charge in [0.05, 0.1) is 18.5 Å². The van der Waals surface area contributed by atoms with Gasteiger partial charge in [-0.2, -0.15) is 0 Å². The predicted molar refractivity (Wildman–Crippen MR) is 102 cm³/mol. The molecule has 0 saturated heterocycles. The molecule has 0 radical (unpaired) electrons. The molecule has 5 heteroatoms. The van der Waals surface area contributed by atoms with E-state index >= 15 is 0 Å². The fourth-order valence-electron chi connectivity index (χ4n) is 4.19. The van der Waals surface area contributed by atoms with E-state index in [1.807, 2.05) is 12.2 Å². The largest absolute Gasteiger partial charge is 0.491 e. The van der Waals surface area contributed by atoms with E-state index in [0.29, 0.717) is 11.8 Å². The number of nitrogens with zero attached hydrogens (tertiary/aromatic N) is 1. The zero-order valence-corrected chi connectivity index (χ0v) is 16.4. The van der Waals surface area contributed by atoms with Crippen molar-refractivity contribution in [1.29, 1.82) is 0 Å². The Morgan fingerprint density at radius 1 is 1.35 bits per heavy atom. The van der Waals surface area contributed by atoms with Crippen LogP contribution in [-0.4, -0.2) is 53.9 Å². The molecule has 2 aliphatic rings. The molecule has 2 aliphatic carbocycles. The molecule has 148 valence electrons. The Bertz CT molecular complexity index is 514. The Labute approximate surface area is 157 Å². The number of aliphatic hydroxyl groups is 2. The second-order valence-corrected chi connectivity index (χ2v) is 8.04. The number of likely N-dealkylation sites (N-methyl/N-ethyl adjacent to an activating group) is 1. The van der Waals surface area contributed by atoms with E-state index < -0.39 is 6.10 Å². The van der Waals surface area contributed by atoms with Crippen molar-refractivity contribution in [2.24, 2.45) is 17.8 Å². The molecule has 0 spiro atoms. The van der Waals surface area contributed by atoms with Crippen molar-refractivity contribution in [1.82, 2.24) is 4.90 Å². The monoisotopic (exact) mass is 365 g/mol. The first-order valence-corrected chi connectivity index (χ1v) is 9.96. The van der Waals surface area contributed by atoms with Crippen LogP contribution >= 0.6 is 0 Å². The molecule has 0 aromatic carbocycles. The minimum atomic E-state index is -0.412. The van der Waals surface area contributed by atoms with Gasteiger partial charge in [0, 0.05) is 20.0 Å². The molecule has 2 rings (SSSR count). The number of fused-ring (bicyclic) bond motifs is 1. The first kappa shape index (κ1) is 21.0. The molecule has 1 amide bonds. The number of amides is 1. The van der Waals surface area contributed by atoms with E-state index in [9.17, 15) is 15.0 Å². The number of aliphatic hydroxyl groups excluding tert-OH is 2. The van der Waals surface area contributed by atoms with Gasteiger partial charge in [-0.05, 0) is 43.1 Å². The minimum Gasteiger partial charge on any atom is -0.491 e. The molecule has 0 heterocycles. The molecule has 2 N–H and O–H groups in total. The van der Waals surface area contributed by atoms with Gasteiger partial charge >= 0.3 is 0 Å². The number of hydrogen-bond donors (Lipinski definition) is 2. The number of hydrogen-bond acceptors (Lipinski definition) is 4. The summed E-state index contributed by atoms with van der Waals surface area (Å²) in [5, 5.41) is 20.5. The summed E-state index contributed by atoms with van der Waals surface area (Å²) in [6.07, 6.45) is 11.7. The molecule has 0 bridgehead atoms. The Morgan fingerprint density at radius 2 is 2.12 bits per heavy atom. The normalized spacial score (nSPS) is 30.7. The summed E-state index contributed by atoms with van der Waals surface area (Å²) in [5.41, 5.74) is 1.22. The van der Waals surface area contributed by atoms with Crippen LogP contribution in [0.15, 0.2) is 24.0 Å². The molecule has 0 aromatic rings. The van der Waals surface area contributed by atoms with Crippen LogP contribution in [0.25, 0.3) is 0 Å². The smallest absolute Gasteiger partial charge is 0.259 e. The lowest BCUT2D eigenvalue weighted by Crippen LogP contribution is -2.25. The van der Waals surface area contributed by atoms with E-state index in [-0.39, 0.29) is 24.5 Å². The summed E-state index contributed by atoms with van der Waals surface area (Å²) >= 11 is 0. The predicted octanol–water partition coefficient (Wildman–Crippen LogP) is 2.88. The van der Waals surface area contributed by atoms with Crippen LogP contribution in [-0.2, 0) is 9.53 Å². The number of carbonyl (C=O) groups excluding carboxylic acids is 1. The van der Waals surface area contributed by atoms with Gasteiger partial charge in [-0.15, -0.1) is 0 Å². The van der Waals surface area contributed by atoms with Gasteiger partial charge in [-0.3, -0.25) is 4.79 Å². The lowest BCUT2D eigenvalue weighted by atomic mass is 9.90. The summed E-state index contributed by atoms with van der Waals surface area (Å²) in [6, 6.07) is 0. The fraction of sp³-hybridized carbons (Fsp3) is 0.762. The van der Waals surface area contributed by atoms with Crippen molar-refractivity contribution in [2.45, 2.75) is 64.1 Å². The average Bonchev–Trinajstić information content (AvgIpc) is 3.09. The molecular formula is C21H35NO4. The minimum absolute atomic E-state index is 0.0478. The topological polar surface area (TPSA) is 70.0 Å². The molecule has 2 fully saturated rings. The molecule has 0 aliphatic heterocycles. The summed E-state index contributed by atoms with van der Waals surface area (Å²) < 4.78 is 5.45. The van der Waals surface area contributed by atoms with Gasteiger partial charge < -0.3 is 19.8 Å². The maximum Gasteiger partial charge on any atom is 0.259 e. The zero-order chi connectivity index (χ0) is 19.1. The SMILES string of the molecule is CCCCC[C@H](O)C=C[C@@H]1[C@H]2CC(=COCC(=O)N(C)C)C[C@H]2C[C@H]1O. The van der Waals surface area contributed by atoms with E-state index in [2.05, 4.69) is 6.92 Å². The van der Waals surface area contributed by atoms with E-state index in [4.69, 9.17) is 4.74 Å². The molecule has 0 unspecified atom stereocenters. The Balaban J connectivity index is 1.84. The maximum absolute atomic E-state index is 11.6. The van der Waals surface area contributed by atoms with E-state index in [0.717, 1.165) is 44.9 Å². The zero-order valence-electron chi connectivity index (χ0n) is 16.4. The van der Waals surface area contributed by atoms with E-state index in [1.165, 1.54) is 10.5 Å². The van der Waals surface area contributed by atoms with E-state index in [1.54, 1.807) is 20.4 Å². The highest BCUT2D eigenvalue weighted by molar-refractivity contribution is 5.76. The third-order valence-corrected chi connectivity index (χ3v) is 5.73. The van der Waals surface area contributed by atoms with Crippen molar-refractivity contribution in [3.05, 3.63) is 24.0 Å². The van der Waals surface area contributed by atoms with Gasteiger partial charge in [0.2, 0.25) is 0 Å². The quantitative estimate of drug-likeness (QED) is 0.374. The first-order valence-electron chi connectivity index (χ1n) is 9.96. The van der Waals surface area contributed by atoms with Crippen molar-refractivity contribution >= 4 is 5.91 Å². The molecule has 5 atom stereocenters. The Morgan fingerprint density at radius 3 is 2.81 bits per heavy atom. The van der Waals surface area contributed by atoms with Crippen LogP contribution in [0.2, 0.25) is 0 Å². The van der Waals surface area contributed by atoms with Crippen molar-refractivity contribution in [2.75, 3.05) is 20.7 Å². The highest BCUT2D eigenvalue weighted by Gasteiger charge is 2.45. The molecule has 2 saturated carbocycles. The maximum atomic E-state index is 11.6. The highest BCUT2D eigenvalue weighted by atomic mass is 16.5. The molecule has 26 heavy (non-hydrogen) atoms. The third-order valence-electron chi connectivity index (χ3n) is 5.73. The molecule has 5 nitrogen and oxygen atoms in total. The molecule has 0 aromatic heterocycles. The van der Waals surface area contributed by atoms with Gasteiger partial charge in [0.25, 0.3) is 5.91 Å². The summed E-state index contributed by atoms with van der Waals surface area (Å²) in [6.45, 7) is 2.23. The summed E-state index contributed by atoms with van der Waals surface area (Å²) in [5.74, 6) is 0.934. The van der Waals surface area contributed by atoms with Crippen LogP contribution in [0.1, 0.15) is 51.9 Å². The molecular weight excluding hydrogens is 330 g/mol. The average molecular weight is 366 g/mol. The summed E-state index contributed by atoms with van der Waals surface area (Å²) in [4.78, 5) is 13.1. The van der Waals surface area contributed by atoms with Crippen LogP contribution in [0.4, 0.5) is 0 Å². The van der Waals surface area contributed by atoms with Gasteiger partial charge in [-0.1, -0.05) is 38.3 Å². The fourth-order valence-corrected chi connectivity index (χ4v) is 4.19. The van der Waals surface area contributed by atoms with Crippen LogP contribution in [0.5, 0.6) is 0 Å². The number of carbonyl (C=O) groups is 1. The number of rotatable bonds is 9. The highest BCUT2D eigenvalue weighted by Crippen LogP contribution is 2.50. The third kappa shape index (κ3) is 5.85. The van der Waals surface area contributed by atoms with Crippen molar-refractivity contribution in [3.63, 3.8) is 0 Å². The second kappa shape index (κ2) is 10.1. The van der Waals surface area contributed by atoms with Gasteiger partial charge in [-0.25, -0.2) is 0 Å². The number of allylic oxidation sites excluding steroid dienone is 1. The van der Waals surface area contributed by atoms with Gasteiger partial charge in [0.1, 0.15) is 0 Å². The van der Waals surface area contributed by atoms with Crippen LogP contribution < -0.4 is 0 Å². The van der Waals surface area contributed by atoms with Crippen molar-refractivity contribution < 1.29 is 19.7 Å².